The predicted octanol–water partition coefficient (Wildman–Crippen LogP) is 1.82. The monoisotopic (exact) mass is 462 g/mol. The van der Waals surface area contributed by atoms with Crippen molar-refractivity contribution in [1.82, 2.24) is 19.3 Å². The van der Waals surface area contributed by atoms with Crippen LogP contribution in [-0.2, 0) is 22.8 Å². The summed E-state index contributed by atoms with van der Waals surface area (Å²) in [6.07, 6.45) is -1.61. The average molecular weight is 462 g/mol. The molecular weight excluding hydrogens is 445 g/mol. The van der Waals surface area contributed by atoms with E-state index in [-0.39, 0.29) is 33.1 Å². The Kier molecular flexibility index (Phi) is 6.27. The molecule has 0 spiro atoms. The molecule has 0 aromatic carbocycles. The second-order valence-electron chi connectivity index (χ2n) is 6.59. The van der Waals surface area contributed by atoms with Crippen LogP contribution in [0.3, 0.4) is 0 Å². The molecule has 30 heavy (non-hydrogen) atoms. The van der Waals surface area contributed by atoms with E-state index in [1.807, 2.05) is 0 Å². The third kappa shape index (κ3) is 4.86. The summed E-state index contributed by atoms with van der Waals surface area (Å²) in [4.78, 5) is 11.1. The maximum absolute atomic E-state index is 13.4. The lowest BCUT2D eigenvalue weighted by molar-refractivity contribution is -0.140. The van der Waals surface area contributed by atoms with Crippen molar-refractivity contribution in [3.05, 3.63) is 22.5 Å². The van der Waals surface area contributed by atoms with Crippen molar-refractivity contribution in [2.24, 2.45) is 0 Å². The minimum Gasteiger partial charge on any atom is -0.389 e. The Labute approximate surface area is 174 Å². The number of alkyl halides is 3. The molecule has 1 aliphatic heterocycles. The number of nitrogens with one attached hydrogen (secondary N) is 1. The normalized spacial score (nSPS) is 16.4. The van der Waals surface area contributed by atoms with Crippen molar-refractivity contribution in [1.29, 1.82) is 5.26 Å². The largest absolute Gasteiger partial charge is 0.434 e. The van der Waals surface area contributed by atoms with Gasteiger partial charge in [-0.05, 0) is 12.8 Å². The highest BCUT2D eigenvalue weighted by molar-refractivity contribution is 7.88. The predicted molar refractivity (Wildman–Crippen MR) is 102 cm³/mol. The third-order valence-electron chi connectivity index (χ3n) is 4.46. The smallest absolute Gasteiger partial charge is 0.389 e. The molecule has 2 aromatic heterocycles. The van der Waals surface area contributed by atoms with E-state index in [4.69, 9.17) is 0 Å². The van der Waals surface area contributed by atoms with Crippen molar-refractivity contribution < 1.29 is 26.7 Å². The molecule has 1 saturated heterocycles. The fourth-order valence-corrected chi connectivity index (χ4v) is 4.83. The van der Waals surface area contributed by atoms with Crippen molar-refractivity contribution in [2.75, 3.05) is 24.7 Å². The number of piperidine rings is 1. The van der Waals surface area contributed by atoms with E-state index in [0.29, 0.717) is 37.3 Å². The first-order chi connectivity index (χ1) is 14.0. The molecule has 3 rings (SSSR count). The Balaban J connectivity index is 1.89. The lowest BCUT2D eigenvalue weighted by Gasteiger charge is -2.30. The summed E-state index contributed by atoms with van der Waals surface area (Å²) < 4.78 is 64.7. The zero-order chi connectivity index (χ0) is 22.1. The Morgan fingerprint density at radius 1 is 1.37 bits per heavy atom. The minimum absolute atomic E-state index is 0.0221. The van der Waals surface area contributed by atoms with Crippen molar-refractivity contribution in [3.63, 3.8) is 0 Å². The Morgan fingerprint density at radius 3 is 2.57 bits per heavy atom. The van der Waals surface area contributed by atoms with E-state index >= 15 is 0 Å². The van der Waals surface area contributed by atoms with E-state index in [9.17, 15) is 32.0 Å². The number of anilines is 1. The maximum Gasteiger partial charge on any atom is 0.434 e. The molecule has 1 fully saturated rings. The molecule has 0 unspecified atom stereocenters. The minimum atomic E-state index is -4.79. The van der Waals surface area contributed by atoms with Gasteiger partial charge in [-0.3, -0.25) is 0 Å². The molecule has 3 heterocycles. The van der Waals surface area contributed by atoms with Crippen molar-refractivity contribution >= 4 is 27.3 Å². The van der Waals surface area contributed by atoms with E-state index in [1.54, 1.807) is 6.07 Å². The number of aromatic nitrogens is 3. The van der Waals surface area contributed by atoms with Gasteiger partial charge in [-0.2, -0.15) is 18.4 Å². The highest BCUT2D eigenvalue weighted by Crippen LogP contribution is 2.40. The Morgan fingerprint density at radius 2 is 2.03 bits per heavy atom. The van der Waals surface area contributed by atoms with Crippen LogP contribution in [0.2, 0.25) is 0 Å². The van der Waals surface area contributed by atoms with Crippen LogP contribution in [0.4, 0.5) is 19.1 Å². The number of nitrogens with zero attached hydrogens (tertiary/aromatic N) is 5. The zero-order valence-electron chi connectivity index (χ0n) is 15.6. The quantitative estimate of drug-likeness (QED) is 0.688. The lowest BCUT2D eigenvalue weighted by Crippen LogP contribution is -2.42. The first-order valence-corrected chi connectivity index (χ1v) is 11.4. The number of halogens is 3. The SMILES string of the molecule is CS(=O)(=O)N1CCC(Nc2ncc(C#N)c(-c3sc(CO)nc3C(F)(F)F)n2)CC1. The van der Waals surface area contributed by atoms with Crippen LogP contribution in [0, 0.1) is 11.3 Å². The number of aliphatic hydroxyl groups excluding tert-OH is 1. The van der Waals surface area contributed by atoms with Gasteiger partial charge >= 0.3 is 6.18 Å². The topological polar surface area (TPSA) is 132 Å². The van der Waals surface area contributed by atoms with E-state index in [1.165, 1.54) is 4.31 Å². The second-order valence-corrected chi connectivity index (χ2v) is 9.66. The summed E-state index contributed by atoms with van der Waals surface area (Å²) in [6, 6.07) is 1.60. The second kappa shape index (κ2) is 8.42. The summed E-state index contributed by atoms with van der Waals surface area (Å²) >= 11 is 0.603. The van der Waals surface area contributed by atoms with Gasteiger partial charge in [0.1, 0.15) is 16.8 Å². The van der Waals surface area contributed by atoms with Gasteiger partial charge in [0.25, 0.3) is 0 Å². The molecule has 162 valence electrons. The zero-order valence-corrected chi connectivity index (χ0v) is 17.3. The fraction of sp³-hybridized carbons (Fsp3) is 0.500. The van der Waals surface area contributed by atoms with Crippen LogP contribution in [0.25, 0.3) is 10.6 Å². The summed E-state index contributed by atoms with van der Waals surface area (Å²) in [5.74, 6) is 0.0221. The van der Waals surface area contributed by atoms with Gasteiger partial charge in [-0.25, -0.2) is 27.7 Å². The molecule has 0 amide bonds. The number of aliphatic hydroxyl groups is 1. The summed E-state index contributed by atoms with van der Waals surface area (Å²) in [5, 5.41) is 21.3. The van der Waals surface area contributed by atoms with Gasteiger partial charge in [0.15, 0.2) is 5.69 Å². The number of sulfonamides is 1. The lowest BCUT2D eigenvalue weighted by atomic mass is 10.1. The molecule has 0 atom stereocenters. The first-order valence-electron chi connectivity index (χ1n) is 8.70. The van der Waals surface area contributed by atoms with Crippen molar-refractivity contribution in [2.45, 2.75) is 31.7 Å². The van der Waals surface area contributed by atoms with E-state index in [2.05, 4.69) is 20.3 Å². The Hall–Kier alpha value is -2.34. The van der Waals surface area contributed by atoms with Crippen LogP contribution < -0.4 is 5.32 Å². The fourth-order valence-electron chi connectivity index (χ4n) is 3.01. The van der Waals surface area contributed by atoms with Gasteiger partial charge < -0.3 is 10.4 Å². The standard InChI is InChI=1S/C16H17F3N6O3S2/c1-30(27,28)25-4-2-10(3-5-25)22-15-21-7-9(6-20)12(24-15)13-14(16(17,18)19)23-11(8-26)29-13/h7,10,26H,2-5,8H2,1H3,(H,21,22,24). The number of hydrogen-bond acceptors (Lipinski definition) is 9. The molecule has 14 heteroatoms. The number of hydrogen-bond donors (Lipinski definition) is 2. The molecule has 2 aromatic rings. The van der Waals surface area contributed by atoms with Crippen molar-refractivity contribution in [3.8, 4) is 16.6 Å². The molecule has 9 nitrogen and oxygen atoms in total. The third-order valence-corrected chi connectivity index (χ3v) is 6.81. The van der Waals surface area contributed by atoms with Crippen LogP contribution in [-0.4, -0.2) is 58.2 Å². The summed E-state index contributed by atoms with van der Waals surface area (Å²) in [5.41, 5.74) is -1.61. The van der Waals surface area contributed by atoms with Crippen LogP contribution >= 0.6 is 11.3 Å². The highest BCUT2D eigenvalue weighted by Gasteiger charge is 2.39. The average Bonchev–Trinajstić information content (AvgIpc) is 3.12. The van der Waals surface area contributed by atoms with Gasteiger partial charge in [-0.1, -0.05) is 0 Å². The Bertz CT molecular complexity index is 1070. The van der Waals surface area contributed by atoms with E-state index < -0.39 is 28.5 Å². The molecule has 0 aliphatic carbocycles. The molecule has 0 bridgehead atoms. The van der Waals surface area contributed by atoms with Gasteiger partial charge in [0, 0.05) is 19.1 Å². The summed E-state index contributed by atoms with van der Waals surface area (Å²) in [6.45, 7) is -0.0795. The van der Waals surface area contributed by atoms with Crippen LogP contribution in [0.1, 0.15) is 29.1 Å². The van der Waals surface area contributed by atoms with Gasteiger partial charge in [0.05, 0.1) is 29.5 Å². The molecule has 0 saturated carbocycles. The molecular formula is C16H17F3N6O3S2. The molecule has 2 N–H and O–H groups in total. The maximum atomic E-state index is 13.4. The number of thiazole rings is 1. The summed E-state index contributed by atoms with van der Waals surface area (Å²) in [7, 11) is -3.29. The van der Waals surface area contributed by atoms with E-state index in [0.717, 1.165) is 12.5 Å². The molecule has 1 aliphatic rings. The molecule has 0 radical (unpaired) electrons. The van der Waals surface area contributed by atoms with Gasteiger partial charge in [-0.15, -0.1) is 11.3 Å². The number of nitriles is 1. The van der Waals surface area contributed by atoms with Gasteiger partial charge in [0.2, 0.25) is 16.0 Å². The highest BCUT2D eigenvalue weighted by atomic mass is 32.2. The number of rotatable bonds is 5. The first kappa shape index (κ1) is 22.3. The van der Waals surface area contributed by atoms with Crippen LogP contribution in [0.15, 0.2) is 6.20 Å². The van der Waals surface area contributed by atoms with Crippen LogP contribution in [0.5, 0.6) is 0 Å².